The third kappa shape index (κ3) is 6.07. The number of anilines is 2. The Labute approximate surface area is 227 Å². The van der Waals surface area contributed by atoms with E-state index in [-0.39, 0.29) is 42.8 Å². The summed E-state index contributed by atoms with van der Waals surface area (Å²) in [6.45, 7) is 1.78. The van der Waals surface area contributed by atoms with Crippen molar-refractivity contribution >= 4 is 39.0 Å². The number of amides is 2. The third-order valence-corrected chi connectivity index (χ3v) is 9.19. The molecule has 38 heavy (non-hydrogen) atoms. The van der Waals surface area contributed by atoms with Gasteiger partial charge in [-0.15, -0.1) is 0 Å². The maximum absolute atomic E-state index is 14.0. The Morgan fingerprint density at radius 2 is 1.74 bits per heavy atom. The Morgan fingerprint density at radius 1 is 1.08 bits per heavy atom. The number of halogens is 1. The number of nitrogens with zero attached hydrogens (tertiary/aromatic N) is 3. The van der Waals surface area contributed by atoms with Gasteiger partial charge >= 0.3 is 6.03 Å². The molecule has 202 valence electrons. The number of hydrogen-bond acceptors (Lipinski definition) is 8. The second kappa shape index (κ2) is 11.6. The molecular weight excluding hydrogens is 528 g/mol. The van der Waals surface area contributed by atoms with Crippen LogP contribution in [0.1, 0.15) is 18.5 Å². The molecule has 2 heterocycles. The predicted octanol–water partition coefficient (Wildman–Crippen LogP) is 3.54. The van der Waals surface area contributed by atoms with Crippen LogP contribution >= 0.6 is 11.6 Å². The zero-order chi connectivity index (χ0) is 27.3. The number of carbonyl (C=O) groups excluding carboxylic acids is 1. The fourth-order valence-corrected chi connectivity index (χ4v) is 6.46. The first-order valence-corrected chi connectivity index (χ1v) is 14.0. The topological polar surface area (TPSA) is 140 Å². The molecule has 0 aliphatic carbocycles. The number of likely N-dealkylation sites (N-methyl/N-ethyl adjacent to an activating group) is 1. The first-order chi connectivity index (χ1) is 18.1. The zero-order valence-corrected chi connectivity index (χ0v) is 22.8. The number of nitrogens with two attached hydrogens (primary N) is 1. The van der Waals surface area contributed by atoms with E-state index in [1.54, 1.807) is 36.4 Å². The Morgan fingerprint density at radius 3 is 2.37 bits per heavy atom. The van der Waals surface area contributed by atoms with Crippen molar-refractivity contribution < 1.29 is 17.9 Å². The normalized spacial score (nSPS) is 15.3. The van der Waals surface area contributed by atoms with E-state index in [0.29, 0.717) is 34.3 Å². The molecule has 4 N–H and O–H groups in total. The summed E-state index contributed by atoms with van der Waals surface area (Å²) in [6.07, 6.45) is 0.444. The van der Waals surface area contributed by atoms with E-state index in [9.17, 15) is 13.2 Å². The van der Waals surface area contributed by atoms with Crippen LogP contribution in [-0.2, 0) is 19.3 Å². The number of benzene rings is 2. The summed E-state index contributed by atoms with van der Waals surface area (Å²) in [4.78, 5) is 23.3. The van der Waals surface area contributed by atoms with Gasteiger partial charge in [0.2, 0.25) is 0 Å². The number of nitrogen functional groups attached to an aromatic ring is 1. The van der Waals surface area contributed by atoms with Gasteiger partial charge in [-0.2, -0.15) is 0 Å². The van der Waals surface area contributed by atoms with Gasteiger partial charge in [0, 0.05) is 48.6 Å². The van der Waals surface area contributed by atoms with Crippen LogP contribution in [0.25, 0.3) is 11.4 Å². The Balaban J connectivity index is 1.64. The lowest BCUT2D eigenvalue weighted by atomic mass is 9.94. The summed E-state index contributed by atoms with van der Waals surface area (Å²) in [5.41, 5.74) is 7.70. The number of hydrogen-bond donors (Lipinski definition) is 3. The lowest BCUT2D eigenvalue weighted by Gasteiger charge is -2.36. The van der Waals surface area contributed by atoms with E-state index in [4.69, 9.17) is 27.1 Å². The van der Waals surface area contributed by atoms with Gasteiger partial charge in [0.1, 0.15) is 10.6 Å². The lowest BCUT2D eigenvalue weighted by Crippen LogP contribution is -2.42. The maximum Gasteiger partial charge on any atom is 0.319 e. The summed E-state index contributed by atoms with van der Waals surface area (Å²) in [7, 11) is -0.0252. The van der Waals surface area contributed by atoms with Crippen molar-refractivity contribution in [3.63, 3.8) is 0 Å². The molecule has 1 aromatic heterocycles. The number of aromatic nitrogens is 2. The van der Waals surface area contributed by atoms with Crippen LogP contribution in [0.15, 0.2) is 59.5 Å². The molecule has 1 aliphatic heterocycles. The van der Waals surface area contributed by atoms with Crippen molar-refractivity contribution in [1.29, 1.82) is 0 Å². The van der Waals surface area contributed by atoms with Crippen LogP contribution in [0, 0.1) is 0 Å². The predicted molar refractivity (Wildman–Crippen MR) is 148 cm³/mol. The second-order valence-electron chi connectivity index (χ2n) is 9.33. The monoisotopic (exact) mass is 558 g/mol. The van der Waals surface area contributed by atoms with Crippen LogP contribution in [0.2, 0.25) is 5.02 Å². The molecular formula is C26H31ClN6O4S. The van der Waals surface area contributed by atoms with E-state index < -0.39 is 14.6 Å². The van der Waals surface area contributed by atoms with Crippen LogP contribution in [0.4, 0.5) is 16.3 Å². The van der Waals surface area contributed by atoms with Gasteiger partial charge in [-0.3, -0.25) is 0 Å². The summed E-state index contributed by atoms with van der Waals surface area (Å²) in [6, 6.07) is 14.3. The van der Waals surface area contributed by atoms with E-state index >= 15 is 0 Å². The fraction of sp³-hybridized carbons (Fsp3) is 0.346. The molecule has 0 radical (unpaired) electrons. The van der Waals surface area contributed by atoms with Crippen molar-refractivity contribution in [1.82, 2.24) is 20.2 Å². The van der Waals surface area contributed by atoms with Crippen molar-refractivity contribution in [3.8, 4) is 11.4 Å². The van der Waals surface area contributed by atoms with Crippen molar-refractivity contribution in [2.45, 2.75) is 22.5 Å². The quantitative estimate of drug-likeness (QED) is 0.381. The van der Waals surface area contributed by atoms with Gasteiger partial charge in [0.25, 0.3) is 0 Å². The molecule has 1 saturated heterocycles. The molecule has 0 unspecified atom stereocenters. The summed E-state index contributed by atoms with van der Waals surface area (Å²) in [5, 5.41) is 6.01. The number of sulfone groups is 1. The number of rotatable bonds is 8. The van der Waals surface area contributed by atoms with Crippen molar-refractivity contribution in [3.05, 3.63) is 65.3 Å². The molecule has 1 aliphatic rings. The highest BCUT2D eigenvalue weighted by molar-refractivity contribution is 7.92. The third-order valence-electron chi connectivity index (χ3n) is 6.40. The number of urea groups is 1. The summed E-state index contributed by atoms with van der Waals surface area (Å²) < 4.78 is 32.2. The molecule has 12 heteroatoms. The van der Waals surface area contributed by atoms with Crippen molar-refractivity contribution in [2.75, 3.05) is 51.4 Å². The average molecular weight is 559 g/mol. The minimum absolute atomic E-state index is 0.154. The first kappa shape index (κ1) is 27.8. The van der Waals surface area contributed by atoms with Gasteiger partial charge in [-0.25, -0.2) is 23.2 Å². The Bertz CT molecular complexity index is 1380. The highest BCUT2D eigenvalue weighted by Crippen LogP contribution is 2.43. The second-order valence-corrected chi connectivity index (χ2v) is 12.0. The lowest BCUT2D eigenvalue weighted by molar-refractivity contribution is 0.0730. The van der Waals surface area contributed by atoms with E-state index in [1.807, 2.05) is 19.0 Å². The van der Waals surface area contributed by atoms with Crippen LogP contribution in [0.5, 0.6) is 0 Å². The van der Waals surface area contributed by atoms with E-state index in [1.165, 1.54) is 18.2 Å². The number of carbonyl (C=O) groups is 1. The van der Waals surface area contributed by atoms with Gasteiger partial charge in [-0.05, 0) is 75.5 Å². The highest BCUT2D eigenvalue weighted by Gasteiger charge is 2.49. The minimum Gasteiger partial charge on any atom is -0.384 e. The standard InChI is InChI=1S/C26H31ClN6O4S/c1-33(2)14-13-29-25(34)30-20-7-3-18(4-8-20)24-31-22(17-23(28)32-24)26(11-15-37-16-12-26)38(35,36)21-9-5-19(27)6-10-21/h3-10,17H,11-16H2,1-2H3,(H2,28,31,32)(H2,29,30,34). The molecule has 0 spiro atoms. The van der Waals surface area contributed by atoms with Gasteiger partial charge in [-0.1, -0.05) is 11.6 Å². The van der Waals surface area contributed by atoms with Crippen LogP contribution < -0.4 is 16.4 Å². The molecule has 1 fully saturated rings. The highest BCUT2D eigenvalue weighted by atomic mass is 35.5. The molecule has 4 rings (SSSR count). The molecule has 0 atom stereocenters. The average Bonchev–Trinajstić information content (AvgIpc) is 2.89. The minimum atomic E-state index is -3.88. The van der Waals surface area contributed by atoms with Crippen LogP contribution in [0.3, 0.4) is 0 Å². The van der Waals surface area contributed by atoms with E-state index in [0.717, 1.165) is 6.54 Å². The molecule has 2 aromatic carbocycles. The smallest absolute Gasteiger partial charge is 0.319 e. The Kier molecular flexibility index (Phi) is 8.51. The number of nitrogens with one attached hydrogen (secondary N) is 2. The molecule has 2 amide bonds. The van der Waals surface area contributed by atoms with Crippen molar-refractivity contribution in [2.24, 2.45) is 0 Å². The molecule has 0 bridgehead atoms. The van der Waals surface area contributed by atoms with Crippen LogP contribution in [-0.4, -0.2) is 69.7 Å². The maximum atomic E-state index is 14.0. The molecule has 0 saturated carbocycles. The molecule has 3 aromatic rings. The summed E-state index contributed by atoms with van der Waals surface area (Å²) in [5.74, 6) is 0.448. The van der Waals surface area contributed by atoms with Gasteiger partial charge in [0.15, 0.2) is 15.7 Å². The molecule has 10 nitrogen and oxygen atoms in total. The fourth-order valence-electron chi connectivity index (χ4n) is 4.30. The van der Waals surface area contributed by atoms with Gasteiger partial charge < -0.3 is 26.0 Å². The SMILES string of the molecule is CN(C)CCNC(=O)Nc1ccc(-c2nc(N)cc(C3(S(=O)(=O)c4ccc(Cl)cc4)CCOCC3)n2)cc1. The number of ether oxygens (including phenoxy) is 1. The summed E-state index contributed by atoms with van der Waals surface area (Å²) >= 11 is 6.00. The van der Waals surface area contributed by atoms with Gasteiger partial charge in [0.05, 0.1) is 10.6 Å². The Hall–Kier alpha value is -3.25. The largest absolute Gasteiger partial charge is 0.384 e. The zero-order valence-electron chi connectivity index (χ0n) is 21.3. The first-order valence-electron chi connectivity index (χ1n) is 12.1. The van der Waals surface area contributed by atoms with E-state index in [2.05, 4.69) is 15.6 Å².